The Morgan fingerprint density at radius 1 is 1.05 bits per heavy atom. The fourth-order valence-electron chi connectivity index (χ4n) is 1.90. The molecule has 0 aliphatic rings. The van der Waals surface area contributed by atoms with Crippen molar-refractivity contribution in [3.63, 3.8) is 0 Å². The smallest absolute Gasteiger partial charge is 0.337 e. The highest BCUT2D eigenvalue weighted by atomic mass is 16.5. The van der Waals surface area contributed by atoms with E-state index in [1.807, 2.05) is 35.9 Å². The van der Waals surface area contributed by atoms with Gasteiger partial charge in [0.05, 0.1) is 12.7 Å². The van der Waals surface area contributed by atoms with Crippen LogP contribution in [-0.4, -0.2) is 18.9 Å². The molecular formula is C16H16NO3+. The molecule has 1 aromatic carbocycles. The lowest BCUT2D eigenvalue weighted by molar-refractivity contribution is -0.689. The number of ketones is 1. The van der Waals surface area contributed by atoms with Crippen LogP contribution < -0.4 is 4.57 Å². The third-order valence-electron chi connectivity index (χ3n) is 3.11. The summed E-state index contributed by atoms with van der Waals surface area (Å²) in [6.45, 7) is 2.23. The quantitative estimate of drug-likeness (QED) is 0.484. The maximum Gasteiger partial charge on any atom is 0.337 e. The van der Waals surface area contributed by atoms with E-state index in [2.05, 4.69) is 4.74 Å². The van der Waals surface area contributed by atoms with Crippen LogP contribution in [0.15, 0.2) is 48.7 Å². The molecule has 0 N–H and O–H groups in total. The first-order valence-corrected chi connectivity index (χ1v) is 6.28. The predicted molar refractivity (Wildman–Crippen MR) is 73.5 cm³/mol. The van der Waals surface area contributed by atoms with Gasteiger partial charge in [0.1, 0.15) is 0 Å². The van der Waals surface area contributed by atoms with Crippen LogP contribution in [-0.2, 0) is 11.3 Å². The Balaban J connectivity index is 2.14. The molecule has 1 heterocycles. The molecule has 0 amide bonds. The van der Waals surface area contributed by atoms with Gasteiger partial charge < -0.3 is 4.74 Å². The lowest BCUT2D eigenvalue weighted by atomic mass is 10.1. The van der Waals surface area contributed by atoms with Gasteiger partial charge >= 0.3 is 5.97 Å². The van der Waals surface area contributed by atoms with Gasteiger partial charge in [-0.3, -0.25) is 4.79 Å². The number of Topliss-reactive ketones (excluding diaryl/α,β-unsaturated/α-hetero) is 1. The minimum Gasteiger partial charge on any atom is -0.465 e. The lowest BCUT2D eigenvalue weighted by Crippen LogP contribution is -2.40. The Morgan fingerprint density at radius 2 is 1.70 bits per heavy atom. The van der Waals surface area contributed by atoms with E-state index in [1.54, 1.807) is 24.3 Å². The van der Waals surface area contributed by atoms with Gasteiger partial charge in [0, 0.05) is 24.6 Å². The topological polar surface area (TPSA) is 47.3 Å². The third kappa shape index (κ3) is 3.09. The average molecular weight is 270 g/mol. The highest BCUT2D eigenvalue weighted by Crippen LogP contribution is 2.07. The molecule has 4 nitrogen and oxygen atoms in total. The number of aryl methyl sites for hydroxylation is 1. The normalized spacial score (nSPS) is 10.1. The number of esters is 1. The fourth-order valence-corrected chi connectivity index (χ4v) is 1.90. The SMILES string of the molecule is COC(=O)c1ccc(C(=O)C[n+]2ccccc2C)cc1. The first kappa shape index (κ1) is 13.9. The van der Waals surface area contributed by atoms with Crippen molar-refractivity contribution < 1.29 is 18.9 Å². The summed E-state index contributed by atoms with van der Waals surface area (Å²) in [5.41, 5.74) is 2.04. The summed E-state index contributed by atoms with van der Waals surface area (Å²) in [5.74, 6) is -0.405. The Hall–Kier alpha value is -2.49. The molecule has 1 aromatic heterocycles. The minimum atomic E-state index is -0.405. The van der Waals surface area contributed by atoms with Gasteiger partial charge in [0.15, 0.2) is 11.9 Å². The maximum atomic E-state index is 12.2. The molecule has 0 aliphatic heterocycles. The first-order valence-electron chi connectivity index (χ1n) is 6.28. The molecule has 0 unspecified atom stereocenters. The van der Waals surface area contributed by atoms with E-state index in [0.29, 0.717) is 11.1 Å². The number of hydrogen-bond acceptors (Lipinski definition) is 3. The van der Waals surface area contributed by atoms with E-state index in [1.165, 1.54) is 7.11 Å². The molecule has 0 atom stereocenters. The largest absolute Gasteiger partial charge is 0.465 e. The highest BCUT2D eigenvalue weighted by molar-refractivity contribution is 5.96. The van der Waals surface area contributed by atoms with Gasteiger partial charge in [-0.25, -0.2) is 4.79 Å². The van der Waals surface area contributed by atoms with Gasteiger partial charge in [-0.05, 0) is 12.1 Å². The molecule has 0 aliphatic carbocycles. The number of hydrogen-bond donors (Lipinski definition) is 0. The van der Waals surface area contributed by atoms with Crippen molar-refractivity contribution in [2.24, 2.45) is 0 Å². The molecule has 20 heavy (non-hydrogen) atoms. The van der Waals surface area contributed by atoms with Crippen molar-refractivity contribution >= 4 is 11.8 Å². The molecule has 4 heteroatoms. The average Bonchev–Trinajstić information content (AvgIpc) is 2.49. The highest BCUT2D eigenvalue weighted by Gasteiger charge is 2.14. The van der Waals surface area contributed by atoms with Crippen LogP contribution in [0, 0.1) is 6.92 Å². The number of methoxy groups -OCH3 is 1. The summed E-state index contributed by atoms with van der Waals surface area (Å²) in [6, 6.07) is 12.3. The summed E-state index contributed by atoms with van der Waals surface area (Å²) in [5, 5.41) is 0. The molecule has 0 saturated carbocycles. The van der Waals surface area contributed by atoms with Crippen molar-refractivity contribution in [3.8, 4) is 0 Å². The molecule has 2 rings (SSSR count). The van der Waals surface area contributed by atoms with Gasteiger partial charge in [0.2, 0.25) is 12.3 Å². The number of benzene rings is 1. The van der Waals surface area contributed by atoms with Crippen LogP contribution in [0.2, 0.25) is 0 Å². The van der Waals surface area contributed by atoms with Crippen molar-refractivity contribution in [2.75, 3.05) is 7.11 Å². The van der Waals surface area contributed by atoms with E-state index < -0.39 is 5.97 Å². The van der Waals surface area contributed by atoms with Gasteiger partial charge in [0.25, 0.3) is 0 Å². The monoisotopic (exact) mass is 270 g/mol. The number of ether oxygens (including phenoxy) is 1. The minimum absolute atomic E-state index is 0.000663. The summed E-state index contributed by atoms with van der Waals surface area (Å²) in [4.78, 5) is 23.5. The van der Waals surface area contributed by atoms with E-state index in [0.717, 1.165) is 5.69 Å². The standard InChI is InChI=1S/C16H16NO3/c1-12-5-3-4-10-17(12)11-15(18)13-6-8-14(9-7-13)16(19)20-2/h3-10H,11H2,1-2H3/q+1. The van der Waals surface area contributed by atoms with Crippen LogP contribution in [0.3, 0.4) is 0 Å². The van der Waals surface area contributed by atoms with Gasteiger partial charge in [-0.2, -0.15) is 4.57 Å². The molecule has 0 spiro atoms. The lowest BCUT2D eigenvalue weighted by Gasteiger charge is -2.02. The van der Waals surface area contributed by atoms with Crippen LogP contribution in [0.4, 0.5) is 0 Å². The number of aromatic nitrogens is 1. The zero-order valence-corrected chi connectivity index (χ0v) is 11.5. The maximum absolute atomic E-state index is 12.2. The second-order valence-corrected chi connectivity index (χ2v) is 4.46. The zero-order chi connectivity index (χ0) is 14.5. The Labute approximate surface area is 117 Å². The molecule has 0 saturated heterocycles. The number of pyridine rings is 1. The van der Waals surface area contributed by atoms with Crippen molar-refractivity contribution in [2.45, 2.75) is 13.5 Å². The molecular weight excluding hydrogens is 254 g/mol. The van der Waals surface area contributed by atoms with Gasteiger partial charge in [-0.1, -0.05) is 18.2 Å². The van der Waals surface area contributed by atoms with E-state index in [-0.39, 0.29) is 12.3 Å². The Bertz CT molecular complexity index is 632. The van der Waals surface area contributed by atoms with Crippen molar-refractivity contribution in [3.05, 3.63) is 65.5 Å². The fraction of sp³-hybridized carbons (Fsp3) is 0.188. The number of carbonyl (C=O) groups is 2. The zero-order valence-electron chi connectivity index (χ0n) is 11.5. The van der Waals surface area contributed by atoms with E-state index >= 15 is 0 Å². The molecule has 2 aromatic rings. The second kappa shape index (κ2) is 6.10. The van der Waals surface area contributed by atoms with Crippen LogP contribution in [0.1, 0.15) is 26.4 Å². The number of rotatable bonds is 4. The molecule has 0 fully saturated rings. The molecule has 0 bridgehead atoms. The van der Waals surface area contributed by atoms with Gasteiger partial charge in [-0.15, -0.1) is 0 Å². The summed E-state index contributed by atoms with van der Waals surface area (Å²) in [7, 11) is 1.33. The molecule has 102 valence electrons. The summed E-state index contributed by atoms with van der Waals surface area (Å²) in [6.07, 6.45) is 1.87. The van der Waals surface area contributed by atoms with Crippen LogP contribution >= 0.6 is 0 Å². The summed E-state index contributed by atoms with van der Waals surface area (Å²) >= 11 is 0. The Kier molecular flexibility index (Phi) is 4.25. The molecule has 0 radical (unpaired) electrons. The summed E-state index contributed by atoms with van der Waals surface area (Å²) < 4.78 is 6.51. The van der Waals surface area contributed by atoms with Crippen molar-refractivity contribution in [1.29, 1.82) is 0 Å². The predicted octanol–water partition coefficient (Wildman–Crippen LogP) is 1.95. The Morgan fingerprint density at radius 3 is 2.30 bits per heavy atom. The van der Waals surface area contributed by atoms with Crippen molar-refractivity contribution in [1.82, 2.24) is 0 Å². The van der Waals surface area contributed by atoms with Crippen LogP contribution in [0.5, 0.6) is 0 Å². The van der Waals surface area contributed by atoms with Crippen LogP contribution in [0.25, 0.3) is 0 Å². The number of nitrogens with zero attached hydrogens (tertiary/aromatic N) is 1. The van der Waals surface area contributed by atoms with E-state index in [9.17, 15) is 9.59 Å². The third-order valence-corrected chi connectivity index (χ3v) is 3.11. The number of carbonyl (C=O) groups excluding carboxylic acids is 2. The first-order chi connectivity index (χ1) is 9.61. The van der Waals surface area contributed by atoms with E-state index in [4.69, 9.17) is 0 Å². The second-order valence-electron chi connectivity index (χ2n) is 4.46.